The molecule has 4 aromatic rings. The molecule has 1 saturated carbocycles. The van der Waals surface area contributed by atoms with E-state index in [2.05, 4.69) is 45.2 Å². The molecule has 2 aliphatic rings. The standard InChI is InChI=1S/C23H26N6OS2.ClH/c1-14-20(30-13-24-14)21-26-27-22(28(21)3)31-8-4-7-29-11-17-10-23(17,12-29)16-5-6-19-18(9-16)25-15(2)32-19;/h5-6,9,13,17H,4,7-8,10-12H2,1-3H3;1H. The van der Waals surface area contributed by atoms with E-state index in [1.54, 1.807) is 23.1 Å². The number of piperidine rings is 1. The van der Waals surface area contributed by atoms with Gasteiger partial charge in [0, 0.05) is 31.3 Å². The van der Waals surface area contributed by atoms with Crippen LogP contribution in [0.2, 0.25) is 0 Å². The molecule has 4 heterocycles. The van der Waals surface area contributed by atoms with Crippen LogP contribution >= 0.6 is 35.5 Å². The molecule has 1 saturated heterocycles. The number of oxazole rings is 1. The minimum Gasteiger partial charge on any atom is -0.440 e. The lowest BCUT2D eigenvalue weighted by atomic mass is 9.95. The van der Waals surface area contributed by atoms with Gasteiger partial charge in [0.25, 0.3) is 0 Å². The van der Waals surface area contributed by atoms with E-state index < -0.39 is 0 Å². The Hall–Kier alpha value is -1.94. The topological polar surface area (TPSA) is 72.9 Å². The maximum atomic E-state index is 5.47. The number of rotatable bonds is 7. The van der Waals surface area contributed by atoms with Crippen molar-refractivity contribution in [3.63, 3.8) is 0 Å². The van der Waals surface area contributed by atoms with Gasteiger partial charge in [0.05, 0.1) is 20.9 Å². The predicted octanol–water partition coefficient (Wildman–Crippen LogP) is 4.87. The van der Waals surface area contributed by atoms with Crippen molar-refractivity contribution in [1.82, 2.24) is 29.6 Å². The van der Waals surface area contributed by atoms with E-state index in [-0.39, 0.29) is 12.4 Å². The van der Waals surface area contributed by atoms with Gasteiger partial charge in [0.15, 0.2) is 17.3 Å². The number of likely N-dealkylation sites (tertiary alicyclic amines) is 1. The van der Waals surface area contributed by atoms with Gasteiger partial charge < -0.3 is 13.9 Å². The van der Waals surface area contributed by atoms with Gasteiger partial charge in [0.1, 0.15) is 0 Å². The Morgan fingerprint density at radius 2 is 2.15 bits per heavy atom. The molecule has 3 aromatic heterocycles. The van der Waals surface area contributed by atoms with Crippen LogP contribution in [0, 0.1) is 19.8 Å². The number of thioether (sulfide) groups is 1. The maximum Gasteiger partial charge on any atom is 0.202 e. The zero-order valence-electron chi connectivity index (χ0n) is 18.9. The third-order valence-corrected chi connectivity index (χ3v) is 8.98. The van der Waals surface area contributed by atoms with Crippen LogP contribution in [-0.4, -0.2) is 55.0 Å². The zero-order chi connectivity index (χ0) is 21.9. The first-order valence-corrected chi connectivity index (χ1v) is 12.9. The van der Waals surface area contributed by atoms with Crippen LogP contribution in [0.3, 0.4) is 0 Å². The Bertz CT molecular complexity index is 1300. The van der Waals surface area contributed by atoms with Gasteiger partial charge in [-0.05, 0) is 56.8 Å². The first-order chi connectivity index (χ1) is 15.5. The molecule has 1 aliphatic heterocycles. The second-order valence-electron chi connectivity index (χ2n) is 9.04. The molecule has 2 atom stereocenters. The van der Waals surface area contributed by atoms with E-state index in [4.69, 9.17) is 9.40 Å². The summed E-state index contributed by atoms with van der Waals surface area (Å²) in [7, 11) is 1.98. The first-order valence-electron chi connectivity index (χ1n) is 11.1. The molecule has 1 aromatic carbocycles. The van der Waals surface area contributed by atoms with Gasteiger partial charge in [0.2, 0.25) is 5.82 Å². The lowest BCUT2D eigenvalue weighted by molar-refractivity contribution is 0.299. The first kappa shape index (κ1) is 22.8. The van der Waals surface area contributed by atoms with Crippen molar-refractivity contribution in [1.29, 1.82) is 0 Å². The molecule has 2 fully saturated rings. The minimum atomic E-state index is 0. The van der Waals surface area contributed by atoms with Crippen molar-refractivity contribution in [2.45, 2.75) is 37.3 Å². The van der Waals surface area contributed by atoms with E-state index in [0.717, 1.165) is 46.3 Å². The number of nitrogens with zero attached hydrogens (tertiary/aromatic N) is 6. The average molecular weight is 503 g/mol. The van der Waals surface area contributed by atoms with Gasteiger partial charge in [-0.25, -0.2) is 9.97 Å². The Morgan fingerprint density at radius 1 is 1.27 bits per heavy atom. The number of aromatic nitrogens is 5. The number of hydrogen-bond acceptors (Lipinski definition) is 8. The summed E-state index contributed by atoms with van der Waals surface area (Å²) in [4.78, 5) is 11.5. The third kappa shape index (κ3) is 3.99. The number of thiazole rings is 1. The fourth-order valence-electron chi connectivity index (χ4n) is 5.16. The third-order valence-electron chi connectivity index (χ3n) is 6.92. The predicted molar refractivity (Wildman–Crippen MR) is 134 cm³/mol. The molecule has 0 radical (unpaired) electrons. The minimum absolute atomic E-state index is 0. The van der Waals surface area contributed by atoms with E-state index in [1.165, 1.54) is 41.7 Å². The highest BCUT2D eigenvalue weighted by atomic mass is 35.5. The van der Waals surface area contributed by atoms with E-state index >= 15 is 0 Å². The molecule has 0 spiro atoms. The van der Waals surface area contributed by atoms with E-state index in [1.807, 2.05) is 18.5 Å². The van der Waals surface area contributed by atoms with Crippen LogP contribution in [0.25, 0.3) is 21.8 Å². The lowest BCUT2D eigenvalue weighted by Gasteiger charge is -2.21. The molecule has 33 heavy (non-hydrogen) atoms. The largest absolute Gasteiger partial charge is 0.440 e. The van der Waals surface area contributed by atoms with Gasteiger partial charge in [-0.1, -0.05) is 17.8 Å². The molecular weight excluding hydrogens is 476 g/mol. The number of hydrogen-bond donors (Lipinski definition) is 0. The van der Waals surface area contributed by atoms with Crippen molar-refractivity contribution in [2.24, 2.45) is 13.0 Å². The molecule has 1 aliphatic carbocycles. The quantitative estimate of drug-likeness (QED) is 0.263. The van der Waals surface area contributed by atoms with Crippen LogP contribution in [0.5, 0.6) is 0 Å². The highest BCUT2D eigenvalue weighted by molar-refractivity contribution is 7.99. The van der Waals surface area contributed by atoms with Gasteiger partial charge in [-0.3, -0.25) is 0 Å². The Kier molecular flexibility index (Phi) is 6.01. The van der Waals surface area contributed by atoms with Gasteiger partial charge in [-0.15, -0.1) is 33.9 Å². The number of benzene rings is 1. The van der Waals surface area contributed by atoms with Crippen LogP contribution in [0.15, 0.2) is 34.2 Å². The number of aryl methyl sites for hydroxylation is 2. The second-order valence-corrected chi connectivity index (χ2v) is 11.3. The molecule has 10 heteroatoms. The van der Waals surface area contributed by atoms with Crippen molar-refractivity contribution < 1.29 is 4.42 Å². The maximum absolute atomic E-state index is 5.47. The summed E-state index contributed by atoms with van der Waals surface area (Å²) >= 11 is 3.55. The molecule has 0 bridgehead atoms. The molecule has 2 unspecified atom stereocenters. The summed E-state index contributed by atoms with van der Waals surface area (Å²) in [5.41, 5.74) is 3.87. The van der Waals surface area contributed by atoms with Crippen molar-refractivity contribution in [3.8, 4) is 11.6 Å². The van der Waals surface area contributed by atoms with Gasteiger partial charge in [-0.2, -0.15) is 0 Å². The summed E-state index contributed by atoms with van der Waals surface area (Å²) in [6.07, 6.45) is 3.92. The van der Waals surface area contributed by atoms with Crippen molar-refractivity contribution in [3.05, 3.63) is 40.9 Å². The number of fused-ring (bicyclic) bond motifs is 2. The van der Waals surface area contributed by atoms with E-state index in [9.17, 15) is 0 Å². The Labute approximate surface area is 207 Å². The second kappa shape index (κ2) is 8.69. The highest BCUT2D eigenvalue weighted by Crippen LogP contribution is 2.59. The highest BCUT2D eigenvalue weighted by Gasteiger charge is 2.60. The Morgan fingerprint density at radius 3 is 2.97 bits per heavy atom. The van der Waals surface area contributed by atoms with Crippen molar-refractivity contribution >= 4 is 45.7 Å². The van der Waals surface area contributed by atoms with Crippen LogP contribution < -0.4 is 0 Å². The summed E-state index contributed by atoms with van der Waals surface area (Å²) in [5.74, 6) is 3.26. The fraction of sp³-hybridized carbons (Fsp3) is 0.478. The number of halogens is 1. The summed E-state index contributed by atoms with van der Waals surface area (Å²) in [5, 5.41) is 10.7. The molecule has 0 N–H and O–H groups in total. The monoisotopic (exact) mass is 502 g/mol. The fourth-order valence-corrected chi connectivity index (χ4v) is 6.81. The molecule has 174 valence electrons. The molecule has 0 amide bonds. The summed E-state index contributed by atoms with van der Waals surface area (Å²) in [6, 6.07) is 6.97. The Balaban J connectivity index is 0.00000228. The lowest BCUT2D eigenvalue weighted by Crippen LogP contribution is -2.27. The molecule has 6 rings (SSSR count). The van der Waals surface area contributed by atoms with Gasteiger partial charge >= 0.3 is 0 Å². The SMILES string of the molecule is Cc1nc2cc(C34CC3CN(CCCSc3nnc(-c5ocnc5C)n3C)C4)ccc2s1.Cl. The van der Waals surface area contributed by atoms with Crippen molar-refractivity contribution in [2.75, 3.05) is 25.4 Å². The summed E-state index contributed by atoms with van der Waals surface area (Å²) in [6.45, 7) is 7.54. The molecule has 7 nitrogen and oxygen atoms in total. The van der Waals surface area contributed by atoms with Crippen LogP contribution in [0.1, 0.15) is 29.1 Å². The average Bonchev–Trinajstić information content (AvgIpc) is 3.20. The smallest absolute Gasteiger partial charge is 0.202 e. The van der Waals surface area contributed by atoms with Crippen LogP contribution in [0.4, 0.5) is 0 Å². The molecular formula is C23H27ClN6OS2. The van der Waals surface area contributed by atoms with E-state index in [0.29, 0.717) is 11.2 Å². The van der Waals surface area contributed by atoms with Crippen LogP contribution in [-0.2, 0) is 12.5 Å². The summed E-state index contributed by atoms with van der Waals surface area (Å²) < 4.78 is 8.77. The zero-order valence-corrected chi connectivity index (χ0v) is 21.4. The normalized spacial score (nSPS) is 22.0.